The molecule has 2 N–H and O–H groups in total. The van der Waals surface area contributed by atoms with E-state index < -0.39 is 5.82 Å². The summed E-state index contributed by atoms with van der Waals surface area (Å²) in [5, 5.41) is 20.2. The second-order valence-electron chi connectivity index (χ2n) is 7.36. The van der Waals surface area contributed by atoms with Crippen molar-refractivity contribution in [1.29, 1.82) is 0 Å². The molecule has 0 aliphatic heterocycles. The van der Waals surface area contributed by atoms with Crippen molar-refractivity contribution in [2.45, 2.75) is 6.92 Å². The number of aryl methyl sites for hydroxylation is 1. The number of phenols is 1. The highest BCUT2D eigenvalue weighted by Crippen LogP contribution is 2.42. The van der Waals surface area contributed by atoms with Crippen molar-refractivity contribution in [3.05, 3.63) is 88.7 Å². The van der Waals surface area contributed by atoms with Gasteiger partial charge < -0.3 is 14.6 Å². The summed E-state index contributed by atoms with van der Waals surface area (Å²) in [6.45, 7) is 1.70. The first-order chi connectivity index (χ1) is 15.4. The maximum absolute atomic E-state index is 13.6. The Morgan fingerprint density at radius 2 is 1.75 bits per heavy atom. The van der Waals surface area contributed by atoms with Crippen LogP contribution in [-0.2, 0) is 0 Å². The molecule has 0 atom stereocenters. The number of aromatic hydroxyl groups is 2. The molecule has 0 saturated heterocycles. The first-order valence-electron chi connectivity index (χ1n) is 9.72. The Morgan fingerprint density at radius 1 is 1.00 bits per heavy atom. The second-order valence-corrected chi connectivity index (χ2v) is 8.42. The molecule has 0 saturated carbocycles. The zero-order valence-electron chi connectivity index (χ0n) is 16.8. The molecule has 2 heterocycles. The lowest BCUT2D eigenvalue weighted by Crippen LogP contribution is -2.03. The zero-order chi connectivity index (χ0) is 22.4. The van der Waals surface area contributed by atoms with Crippen LogP contribution < -0.4 is 0 Å². The van der Waals surface area contributed by atoms with Crippen LogP contribution in [0.15, 0.2) is 71.3 Å². The first-order valence-corrected chi connectivity index (χ1v) is 10.5. The van der Waals surface area contributed by atoms with E-state index >= 15 is 0 Å². The molecule has 7 heteroatoms. The fraction of sp³-hybridized carbons (Fsp3) is 0.0400. The van der Waals surface area contributed by atoms with E-state index in [4.69, 9.17) is 4.42 Å². The Kier molecular flexibility index (Phi) is 4.75. The van der Waals surface area contributed by atoms with Gasteiger partial charge in [0.05, 0.1) is 4.88 Å². The molecule has 5 nitrogen and oxygen atoms in total. The Hall–Kier alpha value is -3.97. The van der Waals surface area contributed by atoms with E-state index in [-0.39, 0.29) is 23.3 Å². The minimum Gasteiger partial charge on any atom is -0.508 e. The lowest BCUT2D eigenvalue weighted by atomic mass is 9.96. The van der Waals surface area contributed by atoms with Crippen molar-refractivity contribution >= 4 is 27.2 Å². The SMILES string of the molecule is Cc1cc(F)ccc1C(=O)c1sc2cc(O)ccc2c1-c1ccc(-c2nc(O)co2)cc1. The maximum atomic E-state index is 13.6. The number of carbonyl (C=O) groups excluding carboxylic acids is 1. The number of oxazole rings is 1. The average molecular weight is 445 g/mol. The molecule has 0 unspecified atom stereocenters. The molecule has 32 heavy (non-hydrogen) atoms. The van der Waals surface area contributed by atoms with Gasteiger partial charge in [0.15, 0.2) is 6.26 Å². The van der Waals surface area contributed by atoms with Crippen molar-refractivity contribution in [3.8, 4) is 34.2 Å². The van der Waals surface area contributed by atoms with Gasteiger partial charge in [-0.25, -0.2) is 4.39 Å². The predicted octanol–water partition coefficient (Wildman–Crippen LogP) is 6.31. The number of aromatic nitrogens is 1. The van der Waals surface area contributed by atoms with Gasteiger partial charge in [-0.3, -0.25) is 4.79 Å². The summed E-state index contributed by atoms with van der Waals surface area (Å²) >= 11 is 1.29. The van der Waals surface area contributed by atoms with Crippen molar-refractivity contribution in [1.82, 2.24) is 4.98 Å². The van der Waals surface area contributed by atoms with Crippen LogP contribution in [0.5, 0.6) is 11.6 Å². The molecule has 3 aromatic carbocycles. The summed E-state index contributed by atoms with van der Waals surface area (Å²) in [6, 6.07) is 16.4. The molecule has 0 aliphatic carbocycles. The van der Waals surface area contributed by atoms with E-state index in [1.807, 2.05) is 12.1 Å². The van der Waals surface area contributed by atoms with E-state index in [0.29, 0.717) is 21.6 Å². The fourth-order valence-corrected chi connectivity index (χ4v) is 4.93. The van der Waals surface area contributed by atoms with Crippen LogP contribution in [0.25, 0.3) is 32.7 Å². The number of benzene rings is 3. The Bertz CT molecular complexity index is 1480. The van der Waals surface area contributed by atoms with Gasteiger partial charge in [-0.1, -0.05) is 12.1 Å². The number of rotatable bonds is 4. The van der Waals surface area contributed by atoms with Crippen LogP contribution in [0.1, 0.15) is 20.8 Å². The summed E-state index contributed by atoms with van der Waals surface area (Å²) in [4.78, 5) is 17.9. The topological polar surface area (TPSA) is 83.6 Å². The number of fused-ring (bicyclic) bond motifs is 1. The number of hydrogen-bond acceptors (Lipinski definition) is 6. The number of thiophene rings is 1. The zero-order valence-corrected chi connectivity index (χ0v) is 17.6. The Balaban J connectivity index is 1.67. The van der Waals surface area contributed by atoms with Gasteiger partial charge in [0.1, 0.15) is 11.6 Å². The highest BCUT2D eigenvalue weighted by atomic mass is 32.1. The van der Waals surface area contributed by atoms with Crippen molar-refractivity contribution in [2.24, 2.45) is 0 Å². The molecule has 0 radical (unpaired) electrons. The number of phenolic OH excluding ortho intramolecular Hbond substituents is 1. The maximum Gasteiger partial charge on any atom is 0.250 e. The highest BCUT2D eigenvalue weighted by Gasteiger charge is 2.23. The van der Waals surface area contributed by atoms with Gasteiger partial charge in [0, 0.05) is 26.8 Å². The van der Waals surface area contributed by atoms with Crippen molar-refractivity contribution < 1.29 is 23.8 Å². The summed E-state index contributed by atoms with van der Waals surface area (Å²) in [7, 11) is 0. The van der Waals surface area contributed by atoms with Gasteiger partial charge in [-0.15, -0.1) is 11.3 Å². The molecular weight excluding hydrogens is 429 g/mol. The largest absolute Gasteiger partial charge is 0.508 e. The number of ketones is 1. The van der Waals surface area contributed by atoms with E-state index in [1.54, 1.807) is 37.3 Å². The van der Waals surface area contributed by atoms with Crippen LogP contribution >= 0.6 is 11.3 Å². The van der Waals surface area contributed by atoms with Gasteiger partial charge >= 0.3 is 0 Å². The van der Waals surface area contributed by atoms with Crippen LogP contribution in [0.3, 0.4) is 0 Å². The first kappa shape index (κ1) is 20.0. The molecule has 0 amide bonds. The predicted molar refractivity (Wildman–Crippen MR) is 121 cm³/mol. The third-order valence-electron chi connectivity index (χ3n) is 5.23. The number of halogens is 1. The smallest absolute Gasteiger partial charge is 0.250 e. The molecule has 0 bridgehead atoms. The molecule has 0 aliphatic rings. The molecule has 5 rings (SSSR count). The molecule has 0 fully saturated rings. The minimum atomic E-state index is -0.395. The summed E-state index contributed by atoms with van der Waals surface area (Å²) < 4.78 is 19.6. The van der Waals surface area contributed by atoms with E-state index in [9.17, 15) is 19.4 Å². The van der Waals surface area contributed by atoms with Crippen LogP contribution in [0.2, 0.25) is 0 Å². The minimum absolute atomic E-state index is 0.112. The lowest BCUT2D eigenvalue weighted by molar-refractivity contribution is 0.104. The number of hydrogen-bond donors (Lipinski definition) is 2. The summed E-state index contributed by atoms with van der Waals surface area (Å²) in [6.07, 6.45) is 1.16. The van der Waals surface area contributed by atoms with Gasteiger partial charge in [-0.05, 0) is 66.6 Å². The van der Waals surface area contributed by atoms with E-state index in [2.05, 4.69) is 4.98 Å². The van der Waals surface area contributed by atoms with E-state index in [1.165, 1.54) is 29.5 Å². The molecule has 2 aromatic heterocycles. The standard InChI is InChI=1S/C25H16FNO4S/c1-13-10-16(26)6-8-18(13)23(30)24-22(19-9-7-17(28)11-20(19)32-24)14-2-4-15(5-3-14)25-27-21(29)12-31-25/h2-12,28-29H,1H3. The van der Waals surface area contributed by atoms with Crippen LogP contribution in [0.4, 0.5) is 4.39 Å². The molecule has 5 aromatic rings. The van der Waals surface area contributed by atoms with Crippen molar-refractivity contribution in [3.63, 3.8) is 0 Å². The quantitative estimate of drug-likeness (QED) is 0.317. The molecule has 0 spiro atoms. The Labute approximate surface area is 186 Å². The third-order valence-corrected chi connectivity index (χ3v) is 6.38. The second kappa shape index (κ2) is 7.62. The van der Waals surface area contributed by atoms with Crippen LogP contribution in [-0.4, -0.2) is 21.0 Å². The average Bonchev–Trinajstić information content (AvgIpc) is 3.37. The Morgan fingerprint density at radius 3 is 2.44 bits per heavy atom. The lowest BCUT2D eigenvalue weighted by Gasteiger charge is -2.08. The van der Waals surface area contributed by atoms with Gasteiger partial charge in [0.25, 0.3) is 5.88 Å². The summed E-state index contributed by atoms with van der Waals surface area (Å²) in [5.74, 6) is -0.405. The third kappa shape index (κ3) is 3.42. The number of nitrogens with zero attached hydrogens (tertiary/aromatic N) is 1. The number of carbonyl (C=O) groups is 1. The molecular formula is C25H16FNO4S. The fourth-order valence-electron chi connectivity index (χ4n) is 3.71. The van der Waals surface area contributed by atoms with Gasteiger partial charge in [0.2, 0.25) is 11.7 Å². The van der Waals surface area contributed by atoms with Gasteiger partial charge in [-0.2, -0.15) is 4.98 Å². The summed E-state index contributed by atoms with van der Waals surface area (Å²) in [5.41, 5.74) is 3.19. The van der Waals surface area contributed by atoms with Crippen LogP contribution in [0, 0.1) is 12.7 Å². The highest BCUT2D eigenvalue weighted by molar-refractivity contribution is 7.21. The van der Waals surface area contributed by atoms with Crippen molar-refractivity contribution in [2.75, 3.05) is 0 Å². The van der Waals surface area contributed by atoms with E-state index in [0.717, 1.165) is 27.5 Å². The monoisotopic (exact) mass is 445 g/mol. The normalized spacial score (nSPS) is 11.2. The molecule has 158 valence electrons.